The number of hydrogen-bond acceptors (Lipinski definition) is 5. The van der Waals surface area contributed by atoms with Crippen LogP contribution in [0, 0.1) is 5.92 Å². The van der Waals surface area contributed by atoms with E-state index in [-0.39, 0.29) is 34.7 Å². The molecule has 146 valence electrons. The van der Waals surface area contributed by atoms with E-state index in [9.17, 15) is 18.4 Å². The molecular formula is C18H22F2N4O3. The highest BCUT2D eigenvalue weighted by Gasteiger charge is 2.32. The van der Waals surface area contributed by atoms with Gasteiger partial charge in [0.05, 0.1) is 11.1 Å². The van der Waals surface area contributed by atoms with E-state index in [4.69, 9.17) is 10.5 Å². The van der Waals surface area contributed by atoms with Gasteiger partial charge in [-0.25, -0.2) is 4.79 Å². The molecule has 0 amide bonds. The molecule has 1 unspecified atom stereocenters. The SMILES string of the molecule is C[C@H](N)C1CCN(c2ccc3c(=O)[nH]c(=O)n(C4CC4)c3c2OC(F)F)C1. The van der Waals surface area contributed by atoms with Crippen molar-refractivity contribution in [3.63, 3.8) is 0 Å². The van der Waals surface area contributed by atoms with Crippen molar-refractivity contribution in [1.82, 2.24) is 9.55 Å². The molecule has 2 heterocycles. The number of benzene rings is 1. The van der Waals surface area contributed by atoms with Crippen LogP contribution in [0.5, 0.6) is 5.75 Å². The Kier molecular flexibility index (Phi) is 4.41. The second kappa shape index (κ2) is 6.63. The van der Waals surface area contributed by atoms with E-state index in [2.05, 4.69) is 4.98 Å². The van der Waals surface area contributed by atoms with Crippen molar-refractivity contribution in [1.29, 1.82) is 0 Å². The summed E-state index contributed by atoms with van der Waals surface area (Å²) in [5, 5.41) is 0.170. The fourth-order valence-corrected chi connectivity index (χ4v) is 3.88. The van der Waals surface area contributed by atoms with Crippen LogP contribution in [0.15, 0.2) is 21.7 Å². The molecule has 2 fully saturated rings. The Hall–Kier alpha value is -2.42. The number of fused-ring (bicyclic) bond motifs is 1. The second-order valence-electron chi connectivity index (χ2n) is 7.40. The third kappa shape index (κ3) is 3.20. The maximum Gasteiger partial charge on any atom is 0.387 e. The third-order valence-corrected chi connectivity index (χ3v) is 5.46. The van der Waals surface area contributed by atoms with Gasteiger partial charge in [-0.3, -0.25) is 14.3 Å². The van der Waals surface area contributed by atoms with E-state index in [1.165, 1.54) is 4.57 Å². The molecule has 0 bridgehead atoms. The van der Waals surface area contributed by atoms with E-state index in [0.29, 0.717) is 18.8 Å². The van der Waals surface area contributed by atoms with Gasteiger partial charge in [-0.2, -0.15) is 8.78 Å². The van der Waals surface area contributed by atoms with Crippen molar-refractivity contribution in [2.75, 3.05) is 18.0 Å². The lowest BCUT2D eigenvalue weighted by Crippen LogP contribution is -2.32. The maximum absolute atomic E-state index is 13.2. The van der Waals surface area contributed by atoms with Crippen LogP contribution in [0.3, 0.4) is 0 Å². The monoisotopic (exact) mass is 380 g/mol. The number of alkyl halides is 2. The molecule has 7 nitrogen and oxygen atoms in total. The number of nitrogens with one attached hydrogen (secondary N) is 1. The number of ether oxygens (including phenoxy) is 1. The first-order chi connectivity index (χ1) is 12.9. The van der Waals surface area contributed by atoms with Crippen molar-refractivity contribution in [3.8, 4) is 5.75 Å². The molecule has 1 aliphatic heterocycles. The number of halogens is 2. The standard InChI is InChI=1S/C18H22F2N4O3/c1-9(21)10-6-7-23(8-10)13-5-4-12-14(15(13)27-17(19)20)24(11-2-3-11)18(26)22-16(12)25/h4-5,9-11,17H,2-3,6-8,21H2,1H3,(H,22,25,26)/t9-,10?/m0/s1. The van der Waals surface area contributed by atoms with Crippen LogP contribution in [-0.2, 0) is 0 Å². The van der Waals surface area contributed by atoms with Gasteiger partial charge < -0.3 is 15.4 Å². The number of anilines is 1. The van der Waals surface area contributed by atoms with Gasteiger partial charge in [0.15, 0.2) is 5.75 Å². The number of hydrogen-bond donors (Lipinski definition) is 2. The summed E-state index contributed by atoms with van der Waals surface area (Å²) in [6.45, 7) is 0.117. The number of nitrogens with two attached hydrogens (primary N) is 1. The van der Waals surface area contributed by atoms with E-state index < -0.39 is 17.9 Å². The van der Waals surface area contributed by atoms with Crippen LogP contribution < -0.4 is 26.6 Å². The largest absolute Gasteiger partial charge is 0.430 e. The van der Waals surface area contributed by atoms with Crippen LogP contribution in [-0.4, -0.2) is 35.3 Å². The Morgan fingerprint density at radius 1 is 1.26 bits per heavy atom. The Bertz CT molecular complexity index is 981. The van der Waals surface area contributed by atoms with Crippen LogP contribution in [0.2, 0.25) is 0 Å². The van der Waals surface area contributed by atoms with E-state index in [0.717, 1.165) is 19.3 Å². The molecule has 1 aromatic heterocycles. The van der Waals surface area contributed by atoms with Gasteiger partial charge in [-0.1, -0.05) is 0 Å². The lowest BCUT2D eigenvalue weighted by Gasteiger charge is -2.24. The molecule has 3 N–H and O–H groups in total. The van der Waals surface area contributed by atoms with Crippen LogP contribution in [0.25, 0.3) is 10.9 Å². The summed E-state index contributed by atoms with van der Waals surface area (Å²) in [5.74, 6) is 0.132. The molecule has 1 saturated carbocycles. The van der Waals surface area contributed by atoms with Crippen molar-refractivity contribution in [2.45, 2.75) is 44.9 Å². The summed E-state index contributed by atoms with van der Waals surface area (Å²) in [6, 6.07) is 3.06. The Balaban J connectivity index is 1.93. The molecule has 2 atom stereocenters. The van der Waals surface area contributed by atoms with E-state index in [1.54, 1.807) is 12.1 Å². The molecule has 2 aliphatic rings. The Labute approximate surface area is 153 Å². The predicted octanol–water partition coefficient (Wildman–Crippen LogP) is 1.80. The minimum atomic E-state index is -3.07. The summed E-state index contributed by atoms with van der Waals surface area (Å²) in [5.41, 5.74) is 5.40. The number of aromatic nitrogens is 2. The van der Waals surface area contributed by atoms with Gasteiger partial charge in [0.2, 0.25) is 0 Å². The number of nitrogens with zero attached hydrogens (tertiary/aromatic N) is 2. The van der Waals surface area contributed by atoms with Gasteiger partial charge in [0, 0.05) is 25.2 Å². The summed E-state index contributed by atoms with van der Waals surface area (Å²) in [4.78, 5) is 28.9. The van der Waals surface area contributed by atoms with Crippen molar-refractivity contribution in [2.24, 2.45) is 11.7 Å². The average molecular weight is 380 g/mol. The Morgan fingerprint density at radius 2 is 2.00 bits per heavy atom. The third-order valence-electron chi connectivity index (χ3n) is 5.46. The summed E-state index contributed by atoms with van der Waals surface area (Å²) >= 11 is 0. The molecule has 0 radical (unpaired) electrons. The first-order valence-corrected chi connectivity index (χ1v) is 9.13. The van der Waals surface area contributed by atoms with Gasteiger partial charge in [-0.15, -0.1) is 0 Å². The average Bonchev–Trinajstić information content (AvgIpc) is 3.30. The van der Waals surface area contributed by atoms with Gasteiger partial charge >= 0.3 is 12.3 Å². The fraction of sp³-hybridized carbons (Fsp3) is 0.556. The predicted molar refractivity (Wildman–Crippen MR) is 97.7 cm³/mol. The second-order valence-corrected chi connectivity index (χ2v) is 7.40. The van der Waals surface area contributed by atoms with Crippen molar-refractivity contribution in [3.05, 3.63) is 33.0 Å². The van der Waals surface area contributed by atoms with Gasteiger partial charge in [-0.05, 0) is 44.2 Å². The van der Waals surface area contributed by atoms with E-state index >= 15 is 0 Å². The fourth-order valence-electron chi connectivity index (χ4n) is 3.88. The smallest absolute Gasteiger partial charge is 0.387 e. The lowest BCUT2D eigenvalue weighted by atomic mass is 10.0. The molecule has 27 heavy (non-hydrogen) atoms. The van der Waals surface area contributed by atoms with Crippen LogP contribution >= 0.6 is 0 Å². The normalized spacial score (nSPS) is 21.2. The van der Waals surface area contributed by atoms with Gasteiger partial charge in [0.1, 0.15) is 5.52 Å². The summed E-state index contributed by atoms with van der Waals surface area (Å²) in [6.07, 6.45) is 2.36. The zero-order chi connectivity index (χ0) is 19.3. The minimum absolute atomic E-state index is 0.0117. The summed E-state index contributed by atoms with van der Waals surface area (Å²) in [7, 11) is 0. The molecular weight excluding hydrogens is 358 g/mol. The molecule has 9 heteroatoms. The lowest BCUT2D eigenvalue weighted by molar-refractivity contribution is -0.0487. The molecule has 2 aromatic rings. The molecule has 1 aromatic carbocycles. The van der Waals surface area contributed by atoms with Crippen molar-refractivity contribution < 1.29 is 13.5 Å². The molecule has 4 rings (SSSR count). The zero-order valence-electron chi connectivity index (χ0n) is 15.0. The van der Waals surface area contributed by atoms with E-state index in [1.807, 2.05) is 11.8 Å². The quantitative estimate of drug-likeness (QED) is 0.825. The molecule has 1 saturated heterocycles. The summed E-state index contributed by atoms with van der Waals surface area (Å²) < 4.78 is 32.7. The number of H-pyrrole nitrogens is 1. The highest BCUT2D eigenvalue weighted by Crippen LogP contribution is 2.42. The highest BCUT2D eigenvalue weighted by atomic mass is 19.3. The van der Waals surface area contributed by atoms with Gasteiger partial charge in [0.25, 0.3) is 5.56 Å². The minimum Gasteiger partial charge on any atom is -0.430 e. The van der Waals surface area contributed by atoms with Crippen molar-refractivity contribution >= 4 is 16.6 Å². The maximum atomic E-state index is 13.2. The zero-order valence-corrected chi connectivity index (χ0v) is 15.0. The highest BCUT2D eigenvalue weighted by molar-refractivity contribution is 5.90. The topological polar surface area (TPSA) is 93.4 Å². The number of rotatable bonds is 5. The van der Waals surface area contributed by atoms with Crippen LogP contribution in [0.1, 0.15) is 32.2 Å². The molecule has 0 spiro atoms. The first kappa shape index (κ1) is 18.0. The number of aromatic amines is 1. The first-order valence-electron chi connectivity index (χ1n) is 9.13. The Morgan fingerprint density at radius 3 is 2.59 bits per heavy atom. The van der Waals surface area contributed by atoms with Crippen LogP contribution in [0.4, 0.5) is 14.5 Å². The molecule has 1 aliphatic carbocycles.